The number of halogens is 2. The number of piperazine rings is 1. The quantitative estimate of drug-likeness (QED) is 0.739. The molecule has 1 N–H and O–H groups in total. The standard InChI is InChI=1S/C16H19BrFN3O2S2/c17-15-5-6-16(24-15)25(22,23)19-7-8-20-9-11-21(12-10-20)14-3-1-13(18)2-4-14/h1-6,19H,7-12H2. The van der Waals surface area contributed by atoms with E-state index in [9.17, 15) is 12.8 Å². The second kappa shape index (κ2) is 8.13. The predicted octanol–water partition coefficient (Wildman–Crippen LogP) is 2.75. The molecule has 0 unspecified atom stereocenters. The second-order valence-corrected chi connectivity index (χ2v) is 10.2. The van der Waals surface area contributed by atoms with E-state index in [0.29, 0.717) is 17.3 Å². The molecular formula is C16H19BrFN3O2S2. The van der Waals surface area contributed by atoms with E-state index in [-0.39, 0.29) is 5.82 Å². The van der Waals surface area contributed by atoms with Crippen molar-refractivity contribution in [2.75, 3.05) is 44.2 Å². The van der Waals surface area contributed by atoms with Gasteiger partial charge in [-0.05, 0) is 52.3 Å². The number of sulfonamides is 1. The summed E-state index contributed by atoms with van der Waals surface area (Å²) < 4.78 is 41.1. The van der Waals surface area contributed by atoms with Crippen molar-refractivity contribution in [2.24, 2.45) is 0 Å². The molecule has 2 heterocycles. The smallest absolute Gasteiger partial charge is 0.250 e. The SMILES string of the molecule is O=S(=O)(NCCN1CCN(c2ccc(F)cc2)CC1)c1ccc(Br)s1. The normalized spacial score (nSPS) is 16.3. The minimum Gasteiger partial charge on any atom is -0.369 e. The van der Waals surface area contributed by atoms with Crippen LogP contribution in [0.2, 0.25) is 0 Å². The molecule has 1 aromatic heterocycles. The highest BCUT2D eigenvalue weighted by atomic mass is 79.9. The van der Waals surface area contributed by atoms with Crippen molar-refractivity contribution in [1.82, 2.24) is 9.62 Å². The monoisotopic (exact) mass is 447 g/mol. The van der Waals surface area contributed by atoms with Gasteiger partial charge in [0, 0.05) is 45.0 Å². The Morgan fingerprint density at radius 2 is 1.76 bits per heavy atom. The molecule has 1 fully saturated rings. The lowest BCUT2D eigenvalue weighted by molar-refractivity contribution is 0.262. The van der Waals surface area contributed by atoms with Crippen LogP contribution in [-0.4, -0.2) is 52.6 Å². The molecule has 0 bridgehead atoms. The molecule has 1 aliphatic heterocycles. The number of hydrogen-bond acceptors (Lipinski definition) is 5. The van der Waals surface area contributed by atoms with Crippen LogP contribution in [0.15, 0.2) is 44.4 Å². The van der Waals surface area contributed by atoms with Crippen LogP contribution in [0.4, 0.5) is 10.1 Å². The number of benzene rings is 1. The largest absolute Gasteiger partial charge is 0.369 e. The fourth-order valence-corrected chi connectivity index (χ4v) is 5.81. The Balaban J connectivity index is 1.44. The molecule has 2 aromatic rings. The molecule has 0 saturated carbocycles. The summed E-state index contributed by atoms with van der Waals surface area (Å²) in [7, 11) is -3.43. The van der Waals surface area contributed by atoms with Gasteiger partial charge in [0.05, 0.1) is 3.79 Å². The van der Waals surface area contributed by atoms with Gasteiger partial charge in [0.2, 0.25) is 10.0 Å². The first-order valence-electron chi connectivity index (χ1n) is 7.92. The van der Waals surface area contributed by atoms with Gasteiger partial charge in [0.1, 0.15) is 10.0 Å². The number of nitrogens with zero attached hydrogens (tertiary/aromatic N) is 2. The minimum atomic E-state index is -3.43. The topological polar surface area (TPSA) is 52.7 Å². The summed E-state index contributed by atoms with van der Waals surface area (Å²) in [6.07, 6.45) is 0. The van der Waals surface area contributed by atoms with Gasteiger partial charge in [-0.15, -0.1) is 11.3 Å². The van der Waals surface area contributed by atoms with Gasteiger partial charge < -0.3 is 4.90 Å². The van der Waals surface area contributed by atoms with Crippen molar-refractivity contribution >= 4 is 43.0 Å². The summed E-state index contributed by atoms with van der Waals surface area (Å²) in [5, 5.41) is 0. The van der Waals surface area contributed by atoms with E-state index in [2.05, 4.69) is 30.5 Å². The number of thiophene rings is 1. The summed E-state index contributed by atoms with van der Waals surface area (Å²) in [4.78, 5) is 4.44. The first-order chi connectivity index (χ1) is 11.9. The predicted molar refractivity (Wildman–Crippen MR) is 102 cm³/mol. The zero-order valence-corrected chi connectivity index (χ0v) is 16.7. The Morgan fingerprint density at radius 1 is 1.08 bits per heavy atom. The fraction of sp³-hybridized carbons (Fsp3) is 0.375. The highest BCUT2D eigenvalue weighted by Crippen LogP contribution is 2.25. The van der Waals surface area contributed by atoms with Crippen LogP contribution in [0.3, 0.4) is 0 Å². The Labute approximate surface area is 159 Å². The summed E-state index contributed by atoms with van der Waals surface area (Å²) >= 11 is 4.48. The van der Waals surface area contributed by atoms with E-state index in [0.717, 1.165) is 35.7 Å². The lowest BCUT2D eigenvalue weighted by atomic mass is 10.2. The third-order valence-electron chi connectivity index (χ3n) is 4.10. The fourth-order valence-electron chi connectivity index (χ4n) is 2.73. The van der Waals surface area contributed by atoms with Crippen molar-refractivity contribution in [3.63, 3.8) is 0 Å². The molecule has 0 amide bonds. The molecule has 0 aliphatic carbocycles. The summed E-state index contributed by atoms with van der Waals surface area (Å²) in [6, 6.07) is 9.85. The van der Waals surface area contributed by atoms with Crippen molar-refractivity contribution < 1.29 is 12.8 Å². The molecule has 9 heteroatoms. The number of rotatable bonds is 6. The zero-order chi connectivity index (χ0) is 17.9. The van der Waals surface area contributed by atoms with Gasteiger partial charge in [0.25, 0.3) is 0 Å². The lowest BCUT2D eigenvalue weighted by Gasteiger charge is -2.36. The van der Waals surface area contributed by atoms with E-state index >= 15 is 0 Å². The van der Waals surface area contributed by atoms with Crippen LogP contribution in [-0.2, 0) is 10.0 Å². The average molecular weight is 448 g/mol. The molecule has 1 aromatic carbocycles. The maximum absolute atomic E-state index is 13.0. The molecule has 0 atom stereocenters. The molecule has 0 radical (unpaired) electrons. The second-order valence-electron chi connectivity index (χ2n) is 5.76. The van der Waals surface area contributed by atoms with E-state index in [1.54, 1.807) is 24.3 Å². The van der Waals surface area contributed by atoms with Crippen LogP contribution in [0.1, 0.15) is 0 Å². The van der Waals surface area contributed by atoms with Gasteiger partial charge in [0.15, 0.2) is 0 Å². The minimum absolute atomic E-state index is 0.229. The van der Waals surface area contributed by atoms with Gasteiger partial charge in [-0.25, -0.2) is 17.5 Å². The molecule has 3 rings (SSSR count). The van der Waals surface area contributed by atoms with Crippen molar-refractivity contribution in [2.45, 2.75) is 4.21 Å². The van der Waals surface area contributed by atoms with Crippen LogP contribution in [0.25, 0.3) is 0 Å². The Hall–Kier alpha value is -1.000. The van der Waals surface area contributed by atoms with Crippen LogP contribution in [0, 0.1) is 5.82 Å². The molecule has 136 valence electrons. The summed E-state index contributed by atoms with van der Waals surface area (Å²) in [5.74, 6) is -0.229. The first kappa shape index (κ1) is 18.8. The molecule has 0 spiro atoms. The van der Waals surface area contributed by atoms with Crippen LogP contribution in [0.5, 0.6) is 0 Å². The third-order valence-corrected chi connectivity index (χ3v) is 7.67. The van der Waals surface area contributed by atoms with Gasteiger partial charge in [-0.1, -0.05) is 0 Å². The molecule has 1 saturated heterocycles. The Bertz CT molecular complexity index is 803. The third kappa shape index (κ3) is 5.01. The Kier molecular flexibility index (Phi) is 6.11. The maximum Gasteiger partial charge on any atom is 0.250 e. The van der Waals surface area contributed by atoms with Crippen LogP contribution >= 0.6 is 27.3 Å². The molecule has 25 heavy (non-hydrogen) atoms. The van der Waals surface area contributed by atoms with E-state index in [4.69, 9.17) is 0 Å². The molecule has 1 aliphatic rings. The molecular weight excluding hydrogens is 429 g/mol. The van der Waals surface area contributed by atoms with E-state index in [1.807, 2.05) is 0 Å². The van der Waals surface area contributed by atoms with Crippen molar-refractivity contribution in [3.05, 3.63) is 46.0 Å². The van der Waals surface area contributed by atoms with Gasteiger partial charge >= 0.3 is 0 Å². The highest BCUT2D eigenvalue weighted by Gasteiger charge is 2.19. The number of nitrogens with one attached hydrogen (secondary N) is 1. The maximum atomic E-state index is 13.0. The van der Waals surface area contributed by atoms with Crippen molar-refractivity contribution in [3.8, 4) is 0 Å². The van der Waals surface area contributed by atoms with Gasteiger partial charge in [-0.3, -0.25) is 4.90 Å². The highest BCUT2D eigenvalue weighted by molar-refractivity contribution is 9.11. The van der Waals surface area contributed by atoms with E-state index < -0.39 is 10.0 Å². The van der Waals surface area contributed by atoms with Crippen molar-refractivity contribution in [1.29, 1.82) is 0 Å². The molecule has 5 nitrogen and oxygen atoms in total. The zero-order valence-electron chi connectivity index (χ0n) is 13.5. The first-order valence-corrected chi connectivity index (χ1v) is 11.0. The number of anilines is 1. The number of hydrogen-bond donors (Lipinski definition) is 1. The lowest BCUT2D eigenvalue weighted by Crippen LogP contribution is -2.48. The summed E-state index contributed by atoms with van der Waals surface area (Å²) in [5.41, 5.74) is 1.02. The average Bonchev–Trinajstić information content (AvgIpc) is 3.04. The van der Waals surface area contributed by atoms with Crippen LogP contribution < -0.4 is 9.62 Å². The van der Waals surface area contributed by atoms with Gasteiger partial charge in [-0.2, -0.15) is 0 Å². The van der Waals surface area contributed by atoms with E-state index in [1.165, 1.54) is 23.5 Å². The Morgan fingerprint density at radius 3 is 2.36 bits per heavy atom. The summed E-state index contributed by atoms with van der Waals surface area (Å²) in [6.45, 7) is 4.44.